The average Bonchev–Trinajstić information content (AvgIpc) is 3.01. The summed E-state index contributed by atoms with van der Waals surface area (Å²) in [5.74, 6) is 0.277. The fraction of sp³-hybridized carbons (Fsp3) is 0.600. The van der Waals surface area contributed by atoms with Crippen LogP contribution in [0.5, 0.6) is 0 Å². The van der Waals surface area contributed by atoms with Crippen LogP contribution in [0.3, 0.4) is 0 Å². The van der Waals surface area contributed by atoms with Crippen LogP contribution in [0.15, 0.2) is 17.5 Å². The van der Waals surface area contributed by atoms with Crippen molar-refractivity contribution >= 4 is 35.7 Å². The summed E-state index contributed by atoms with van der Waals surface area (Å²) in [6.45, 7) is 0.596. The third kappa shape index (κ3) is 6.01. The molecule has 1 aromatic heterocycles. The van der Waals surface area contributed by atoms with Gasteiger partial charge in [0.25, 0.3) is 0 Å². The molecule has 6 nitrogen and oxygen atoms in total. The van der Waals surface area contributed by atoms with Gasteiger partial charge in [0, 0.05) is 10.9 Å². The van der Waals surface area contributed by atoms with Crippen LogP contribution in [0.25, 0.3) is 0 Å². The summed E-state index contributed by atoms with van der Waals surface area (Å²) >= 11 is 1.50. The number of carbonyl (C=O) groups is 2. The summed E-state index contributed by atoms with van der Waals surface area (Å²) in [6, 6.07) is 2.92. The maximum atomic E-state index is 12.3. The van der Waals surface area contributed by atoms with E-state index in [9.17, 15) is 9.59 Å². The summed E-state index contributed by atoms with van der Waals surface area (Å²) < 4.78 is 0. The molecular formula is C15H25ClN4O2S. The van der Waals surface area contributed by atoms with E-state index < -0.39 is 6.03 Å². The molecule has 6 N–H and O–H groups in total. The standard InChI is InChI=1S/C15H24N4O2S.ClH/c16-9-10-4-1-2-5-11(10)18-14(20)8-12(19-15(17)21)13-6-3-7-22-13;/h3,6-7,10-12H,1-2,4-5,8-9,16H2,(H,18,20)(H3,17,19,21);1H. The Hall–Kier alpha value is -1.31. The van der Waals surface area contributed by atoms with Crippen LogP contribution in [0.2, 0.25) is 0 Å². The second kappa shape index (κ2) is 9.75. The molecule has 0 aromatic carbocycles. The van der Waals surface area contributed by atoms with E-state index in [4.69, 9.17) is 11.5 Å². The van der Waals surface area contributed by atoms with Crippen molar-refractivity contribution in [2.75, 3.05) is 6.54 Å². The van der Waals surface area contributed by atoms with Crippen molar-refractivity contribution in [1.82, 2.24) is 10.6 Å². The Labute approximate surface area is 146 Å². The number of hydrogen-bond acceptors (Lipinski definition) is 4. The van der Waals surface area contributed by atoms with Gasteiger partial charge in [0.2, 0.25) is 5.91 Å². The normalized spacial score (nSPS) is 21.8. The molecule has 0 aliphatic heterocycles. The van der Waals surface area contributed by atoms with Gasteiger partial charge < -0.3 is 22.1 Å². The second-order valence-corrected chi connectivity index (χ2v) is 6.71. The van der Waals surface area contributed by atoms with Crippen molar-refractivity contribution < 1.29 is 9.59 Å². The maximum Gasteiger partial charge on any atom is 0.312 e. The van der Waals surface area contributed by atoms with Crippen molar-refractivity contribution in [1.29, 1.82) is 0 Å². The van der Waals surface area contributed by atoms with Crippen molar-refractivity contribution in [2.24, 2.45) is 17.4 Å². The molecule has 0 radical (unpaired) electrons. The van der Waals surface area contributed by atoms with E-state index in [1.54, 1.807) is 0 Å². The Bertz CT molecular complexity index is 498. The second-order valence-electron chi connectivity index (χ2n) is 5.73. The number of urea groups is 1. The van der Waals surface area contributed by atoms with Crippen LogP contribution in [0.4, 0.5) is 4.79 Å². The summed E-state index contributed by atoms with van der Waals surface area (Å²) in [6.07, 6.45) is 4.53. The van der Waals surface area contributed by atoms with Gasteiger partial charge in [-0.3, -0.25) is 4.79 Å². The highest BCUT2D eigenvalue weighted by Gasteiger charge is 2.26. The number of primary amides is 1. The molecule has 3 amide bonds. The third-order valence-corrected chi connectivity index (χ3v) is 5.14. The summed E-state index contributed by atoms with van der Waals surface area (Å²) in [7, 11) is 0. The minimum atomic E-state index is -0.622. The van der Waals surface area contributed by atoms with E-state index in [2.05, 4.69) is 10.6 Å². The number of nitrogens with two attached hydrogens (primary N) is 2. The van der Waals surface area contributed by atoms with Crippen molar-refractivity contribution in [2.45, 2.75) is 44.2 Å². The van der Waals surface area contributed by atoms with Gasteiger partial charge in [0.1, 0.15) is 0 Å². The van der Waals surface area contributed by atoms with E-state index in [1.165, 1.54) is 17.8 Å². The van der Waals surface area contributed by atoms with Gasteiger partial charge in [0.15, 0.2) is 0 Å². The zero-order valence-electron chi connectivity index (χ0n) is 13.0. The Morgan fingerprint density at radius 1 is 1.35 bits per heavy atom. The zero-order chi connectivity index (χ0) is 15.9. The number of hydrogen-bond donors (Lipinski definition) is 4. The van der Waals surface area contributed by atoms with Gasteiger partial charge >= 0.3 is 6.03 Å². The lowest BCUT2D eigenvalue weighted by Gasteiger charge is -2.31. The smallest absolute Gasteiger partial charge is 0.312 e. The van der Waals surface area contributed by atoms with Crippen LogP contribution in [0.1, 0.15) is 43.0 Å². The van der Waals surface area contributed by atoms with Crippen LogP contribution < -0.4 is 22.1 Å². The Kier molecular flexibility index (Phi) is 8.36. The van der Waals surface area contributed by atoms with Crippen molar-refractivity contribution in [3.05, 3.63) is 22.4 Å². The lowest BCUT2D eigenvalue weighted by atomic mass is 9.84. The topological polar surface area (TPSA) is 110 Å². The molecule has 0 bridgehead atoms. The molecule has 0 spiro atoms. The van der Waals surface area contributed by atoms with Gasteiger partial charge in [-0.05, 0) is 36.8 Å². The van der Waals surface area contributed by atoms with E-state index in [0.29, 0.717) is 12.5 Å². The molecule has 1 aromatic rings. The first-order chi connectivity index (χ1) is 10.6. The minimum absolute atomic E-state index is 0. The molecule has 8 heteroatoms. The minimum Gasteiger partial charge on any atom is -0.353 e. The summed E-state index contributed by atoms with van der Waals surface area (Å²) in [5.41, 5.74) is 11.0. The Morgan fingerprint density at radius 2 is 2.09 bits per heavy atom. The van der Waals surface area contributed by atoms with Crippen molar-refractivity contribution in [3.8, 4) is 0 Å². The lowest BCUT2D eigenvalue weighted by molar-refractivity contribution is -0.122. The van der Waals surface area contributed by atoms with E-state index in [-0.39, 0.29) is 36.8 Å². The third-order valence-electron chi connectivity index (χ3n) is 4.15. The largest absolute Gasteiger partial charge is 0.353 e. The molecule has 1 heterocycles. The van der Waals surface area contributed by atoms with Gasteiger partial charge in [-0.25, -0.2) is 4.79 Å². The van der Waals surface area contributed by atoms with Gasteiger partial charge in [0.05, 0.1) is 12.5 Å². The molecule has 130 valence electrons. The highest BCUT2D eigenvalue weighted by atomic mass is 35.5. The van der Waals surface area contributed by atoms with Crippen molar-refractivity contribution in [3.63, 3.8) is 0 Å². The van der Waals surface area contributed by atoms with E-state index in [0.717, 1.165) is 24.1 Å². The molecule has 0 saturated heterocycles. The zero-order valence-corrected chi connectivity index (χ0v) is 14.6. The summed E-state index contributed by atoms with van der Waals surface area (Å²) in [5, 5.41) is 7.63. The predicted molar refractivity (Wildman–Crippen MR) is 94.6 cm³/mol. The van der Waals surface area contributed by atoms with E-state index >= 15 is 0 Å². The first-order valence-corrected chi connectivity index (χ1v) is 8.57. The SMILES string of the molecule is Cl.NCC1CCCCC1NC(=O)CC(NC(N)=O)c1cccs1. The predicted octanol–water partition coefficient (Wildman–Crippen LogP) is 1.90. The first-order valence-electron chi connectivity index (χ1n) is 7.69. The fourth-order valence-electron chi connectivity index (χ4n) is 3.01. The number of amides is 3. The lowest BCUT2D eigenvalue weighted by Crippen LogP contribution is -2.46. The molecule has 1 fully saturated rings. The number of halogens is 1. The van der Waals surface area contributed by atoms with Crippen LogP contribution >= 0.6 is 23.7 Å². The molecule has 1 aliphatic rings. The maximum absolute atomic E-state index is 12.3. The van der Waals surface area contributed by atoms with Crippen LogP contribution in [-0.2, 0) is 4.79 Å². The van der Waals surface area contributed by atoms with Crippen LogP contribution in [0, 0.1) is 5.92 Å². The number of carbonyl (C=O) groups excluding carboxylic acids is 2. The van der Waals surface area contributed by atoms with E-state index in [1.807, 2.05) is 17.5 Å². The molecular weight excluding hydrogens is 336 g/mol. The highest BCUT2D eigenvalue weighted by molar-refractivity contribution is 7.10. The molecule has 3 atom stereocenters. The monoisotopic (exact) mass is 360 g/mol. The number of nitrogens with one attached hydrogen (secondary N) is 2. The number of thiophene rings is 1. The Balaban J connectivity index is 0.00000264. The molecule has 1 saturated carbocycles. The van der Waals surface area contributed by atoms with Crippen LogP contribution in [-0.4, -0.2) is 24.5 Å². The average molecular weight is 361 g/mol. The quantitative estimate of drug-likeness (QED) is 0.621. The van der Waals surface area contributed by atoms with Gasteiger partial charge in [-0.15, -0.1) is 23.7 Å². The molecule has 2 rings (SSSR count). The highest BCUT2D eigenvalue weighted by Crippen LogP contribution is 2.25. The molecule has 1 aliphatic carbocycles. The van der Waals surface area contributed by atoms with Gasteiger partial charge in [-0.2, -0.15) is 0 Å². The Morgan fingerprint density at radius 3 is 2.70 bits per heavy atom. The molecule has 23 heavy (non-hydrogen) atoms. The van der Waals surface area contributed by atoms with Gasteiger partial charge in [-0.1, -0.05) is 18.9 Å². The number of rotatable bonds is 6. The first kappa shape index (κ1) is 19.7. The fourth-order valence-corrected chi connectivity index (χ4v) is 3.79. The summed E-state index contributed by atoms with van der Waals surface area (Å²) in [4.78, 5) is 24.4. The molecule has 3 unspecified atom stereocenters.